The van der Waals surface area contributed by atoms with Crippen LogP contribution < -0.4 is 0 Å². The van der Waals surface area contributed by atoms with Gasteiger partial charge in [0.2, 0.25) is 0 Å². The van der Waals surface area contributed by atoms with Gasteiger partial charge in [0.15, 0.2) is 0 Å². The summed E-state index contributed by atoms with van der Waals surface area (Å²) in [4.78, 5) is 23.4. The van der Waals surface area contributed by atoms with Gasteiger partial charge in [-0.2, -0.15) is 0 Å². The highest BCUT2D eigenvalue weighted by Crippen LogP contribution is 2.13. The molecule has 0 saturated carbocycles. The summed E-state index contributed by atoms with van der Waals surface area (Å²) in [5.41, 5.74) is 0. The quantitative estimate of drug-likeness (QED) is 0.126. The minimum atomic E-state index is -0.226. The molecular formula is C27H52O4. The van der Waals surface area contributed by atoms with E-state index in [9.17, 15) is 9.59 Å². The van der Waals surface area contributed by atoms with Crippen molar-refractivity contribution in [3.8, 4) is 0 Å². The largest absolute Gasteiger partial charge is 0.466 e. The Kier molecular flexibility index (Phi) is 21.4. The van der Waals surface area contributed by atoms with Gasteiger partial charge in [-0.3, -0.25) is 9.59 Å². The van der Waals surface area contributed by atoms with Crippen LogP contribution in [0.1, 0.15) is 143 Å². The van der Waals surface area contributed by atoms with Crippen molar-refractivity contribution >= 4 is 11.9 Å². The van der Waals surface area contributed by atoms with E-state index in [2.05, 4.69) is 6.92 Å². The van der Waals surface area contributed by atoms with Gasteiger partial charge >= 0.3 is 11.9 Å². The van der Waals surface area contributed by atoms with Crippen molar-refractivity contribution in [2.75, 3.05) is 6.61 Å². The molecule has 0 aliphatic rings. The molecule has 0 spiro atoms. The standard InChI is InChI=1S/C27H52O4/c1-5-6-7-8-9-10-11-12-13-14-15-16-17-18-19-23-30-26(28)21-20-22-27(29)31-25(4)24(2)3/h24-25H,5-23H2,1-4H3. The molecule has 0 fully saturated rings. The summed E-state index contributed by atoms with van der Waals surface area (Å²) in [5.74, 6) is -0.115. The minimum Gasteiger partial charge on any atom is -0.466 e. The summed E-state index contributed by atoms with van der Waals surface area (Å²) in [6.07, 6.45) is 20.9. The van der Waals surface area contributed by atoms with Gasteiger partial charge < -0.3 is 9.47 Å². The third-order valence-corrected chi connectivity index (χ3v) is 6.03. The molecule has 0 aromatic carbocycles. The maximum atomic E-state index is 11.7. The van der Waals surface area contributed by atoms with Gasteiger partial charge in [0, 0.05) is 12.8 Å². The molecule has 0 rings (SSSR count). The average molecular weight is 441 g/mol. The Morgan fingerprint density at radius 1 is 0.581 bits per heavy atom. The third-order valence-electron chi connectivity index (χ3n) is 6.03. The van der Waals surface area contributed by atoms with E-state index in [4.69, 9.17) is 9.47 Å². The second kappa shape index (κ2) is 22.1. The highest BCUT2D eigenvalue weighted by atomic mass is 16.5. The van der Waals surface area contributed by atoms with Crippen molar-refractivity contribution in [2.24, 2.45) is 5.92 Å². The fraction of sp³-hybridized carbons (Fsp3) is 0.926. The lowest BCUT2D eigenvalue weighted by molar-refractivity contribution is -0.150. The lowest BCUT2D eigenvalue weighted by Gasteiger charge is -2.16. The predicted molar refractivity (Wildman–Crippen MR) is 130 cm³/mol. The topological polar surface area (TPSA) is 52.6 Å². The lowest BCUT2D eigenvalue weighted by atomic mass is 10.0. The lowest BCUT2D eigenvalue weighted by Crippen LogP contribution is -2.20. The Morgan fingerprint density at radius 3 is 1.45 bits per heavy atom. The highest BCUT2D eigenvalue weighted by molar-refractivity contribution is 5.72. The first kappa shape index (κ1) is 29.9. The van der Waals surface area contributed by atoms with E-state index in [0.29, 0.717) is 25.4 Å². The van der Waals surface area contributed by atoms with E-state index in [-0.39, 0.29) is 24.5 Å². The first-order chi connectivity index (χ1) is 15.0. The van der Waals surface area contributed by atoms with Gasteiger partial charge in [0.05, 0.1) is 6.61 Å². The molecule has 0 heterocycles. The molecule has 4 nitrogen and oxygen atoms in total. The van der Waals surface area contributed by atoms with Gasteiger partial charge in [-0.15, -0.1) is 0 Å². The van der Waals surface area contributed by atoms with E-state index in [1.807, 2.05) is 20.8 Å². The third kappa shape index (κ3) is 21.9. The fourth-order valence-corrected chi connectivity index (χ4v) is 3.51. The zero-order valence-electron chi connectivity index (χ0n) is 21.2. The summed E-state index contributed by atoms with van der Waals surface area (Å²) in [5, 5.41) is 0. The van der Waals surface area contributed by atoms with E-state index in [1.165, 1.54) is 83.5 Å². The van der Waals surface area contributed by atoms with Crippen molar-refractivity contribution in [3.63, 3.8) is 0 Å². The Hall–Kier alpha value is -1.06. The van der Waals surface area contributed by atoms with Crippen LogP contribution in [0.4, 0.5) is 0 Å². The summed E-state index contributed by atoms with van der Waals surface area (Å²) in [6.45, 7) is 8.72. The van der Waals surface area contributed by atoms with Crippen molar-refractivity contribution in [3.05, 3.63) is 0 Å². The summed E-state index contributed by atoms with van der Waals surface area (Å²) in [7, 11) is 0. The molecule has 1 unspecified atom stereocenters. The van der Waals surface area contributed by atoms with Crippen molar-refractivity contribution in [1.29, 1.82) is 0 Å². The second-order valence-corrected chi connectivity index (χ2v) is 9.46. The van der Waals surface area contributed by atoms with Crippen molar-refractivity contribution in [2.45, 2.75) is 149 Å². The summed E-state index contributed by atoms with van der Waals surface area (Å²) >= 11 is 0. The monoisotopic (exact) mass is 440 g/mol. The molecule has 0 bridgehead atoms. The van der Waals surface area contributed by atoms with E-state index < -0.39 is 0 Å². The molecule has 0 aromatic heterocycles. The molecule has 0 radical (unpaired) electrons. The Balaban J connectivity index is 3.29. The fourth-order valence-electron chi connectivity index (χ4n) is 3.51. The van der Waals surface area contributed by atoms with Crippen molar-refractivity contribution < 1.29 is 19.1 Å². The number of hydrogen-bond acceptors (Lipinski definition) is 4. The van der Waals surface area contributed by atoms with Gasteiger partial charge in [-0.1, -0.05) is 111 Å². The van der Waals surface area contributed by atoms with Crippen LogP contribution >= 0.6 is 0 Å². The number of hydrogen-bond donors (Lipinski definition) is 0. The number of carbonyl (C=O) groups is 2. The zero-order valence-corrected chi connectivity index (χ0v) is 21.2. The molecule has 184 valence electrons. The van der Waals surface area contributed by atoms with Crippen LogP contribution in [0.15, 0.2) is 0 Å². The maximum absolute atomic E-state index is 11.7. The van der Waals surface area contributed by atoms with Crippen LogP contribution in [-0.4, -0.2) is 24.6 Å². The highest BCUT2D eigenvalue weighted by Gasteiger charge is 2.13. The van der Waals surface area contributed by atoms with Crippen LogP contribution in [0.25, 0.3) is 0 Å². The Morgan fingerprint density at radius 2 is 1.00 bits per heavy atom. The first-order valence-corrected chi connectivity index (χ1v) is 13.3. The number of esters is 2. The van der Waals surface area contributed by atoms with Crippen LogP contribution in [0.5, 0.6) is 0 Å². The molecule has 31 heavy (non-hydrogen) atoms. The Labute approximate surface area is 193 Å². The van der Waals surface area contributed by atoms with Crippen LogP contribution in [0.2, 0.25) is 0 Å². The normalized spacial score (nSPS) is 12.2. The van der Waals surface area contributed by atoms with Crippen molar-refractivity contribution in [1.82, 2.24) is 0 Å². The molecule has 0 aliphatic heterocycles. The molecule has 0 aromatic rings. The van der Waals surface area contributed by atoms with Crippen LogP contribution in [-0.2, 0) is 19.1 Å². The summed E-state index contributed by atoms with van der Waals surface area (Å²) < 4.78 is 10.6. The molecule has 1 atom stereocenters. The molecular weight excluding hydrogens is 388 g/mol. The Bertz CT molecular complexity index is 419. The maximum Gasteiger partial charge on any atom is 0.306 e. The average Bonchev–Trinajstić information content (AvgIpc) is 2.73. The predicted octanol–water partition coefficient (Wildman–Crippen LogP) is 8.16. The zero-order chi connectivity index (χ0) is 23.2. The smallest absolute Gasteiger partial charge is 0.306 e. The molecule has 0 amide bonds. The summed E-state index contributed by atoms with van der Waals surface area (Å²) in [6, 6.07) is 0. The number of unbranched alkanes of at least 4 members (excludes halogenated alkanes) is 14. The van der Waals surface area contributed by atoms with Crippen LogP contribution in [0.3, 0.4) is 0 Å². The van der Waals surface area contributed by atoms with Gasteiger partial charge in [-0.25, -0.2) is 0 Å². The SMILES string of the molecule is CCCCCCCCCCCCCCCCCOC(=O)CCCC(=O)OC(C)C(C)C. The van der Waals surface area contributed by atoms with Gasteiger partial charge in [-0.05, 0) is 25.7 Å². The number of carbonyl (C=O) groups excluding carboxylic acids is 2. The molecule has 0 saturated heterocycles. The van der Waals surface area contributed by atoms with Crippen LogP contribution in [0, 0.1) is 5.92 Å². The molecule has 0 N–H and O–H groups in total. The first-order valence-electron chi connectivity index (χ1n) is 13.3. The van der Waals surface area contributed by atoms with Gasteiger partial charge in [0.25, 0.3) is 0 Å². The van der Waals surface area contributed by atoms with Gasteiger partial charge in [0.1, 0.15) is 6.10 Å². The van der Waals surface area contributed by atoms with E-state index in [1.54, 1.807) is 0 Å². The van der Waals surface area contributed by atoms with E-state index in [0.717, 1.165) is 12.8 Å². The second-order valence-electron chi connectivity index (χ2n) is 9.46. The molecule has 4 heteroatoms. The number of rotatable bonds is 22. The van der Waals surface area contributed by atoms with E-state index >= 15 is 0 Å². The number of ether oxygens (including phenoxy) is 2. The minimum absolute atomic E-state index is 0.0791. The molecule has 0 aliphatic carbocycles.